The van der Waals surface area contributed by atoms with Crippen molar-refractivity contribution < 1.29 is 13.2 Å². The smallest absolute Gasteiger partial charge is 0.230 e. The summed E-state index contributed by atoms with van der Waals surface area (Å²) in [6.07, 6.45) is 3.17. The number of rotatable bonds is 8. The van der Waals surface area contributed by atoms with E-state index in [2.05, 4.69) is 22.4 Å². The van der Waals surface area contributed by atoms with Crippen molar-refractivity contribution in [2.24, 2.45) is 0 Å². The highest BCUT2D eigenvalue weighted by Gasteiger charge is 2.19. The fraction of sp³-hybridized carbons (Fsp3) is 0.471. The van der Waals surface area contributed by atoms with Crippen LogP contribution in [0.3, 0.4) is 0 Å². The van der Waals surface area contributed by atoms with Crippen LogP contribution in [0.1, 0.15) is 44.2 Å². The van der Waals surface area contributed by atoms with Gasteiger partial charge in [-0.05, 0) is 38.0 Å². The summed E-state index contributed by atoms with van der Waals surface area (Å²) in [4.78, 5) is 12.4. The van der Waals surface area contributed by atoms with Crippen molar-refractivity contribution in [2.75, 3.05) is 5.32 Å². The second kappa shape index (κ2) is 8.53. The first-order valence-corrected chi connectivity index (χ1v) is 10.6. The Labute approximate surface area is 152 Å². The number of aromatic nitrogens is 2. The van der Waals surface area contributed by atoms with Gasteiger partial charge in [0.05, 0.1) is 16.6 Å². The molecule has 0 spiro atoms. The van der Waals surface area contributed by atoms with Crippen LogP contribution in [-0.4, -0.2) is 29.8 Å². The molecule has 2 rings (SSSR count). The van der Waals surface area contributed by atoms with Crippen molar-refractivity contribution in [1.82, 2.24) is 10.2 Å². The van der Waals surface area contributed by atoms with Gasteiger partial charge in [0.2, 0.25) is 11.0 Å². The Hall–Kier alpha value is -1.80. The fourth-order valence-corrected chi connectivity index (χ4v) is 4.01. The van der Waals surface area contributed by atoms with Gasteiger partial charge in [-0.15, -0.1) is 10.2 Å². The fourth-order valence-electron chi connectivity index (χ4n) is 2.15. The van der Waals surface area contributed by atoms with E-state index >= 15 is 0 Å². The van der Waals surface area contributed by atoms with Gasteiger partial charge in [0.25, 0.3) is 0 Å². The molecule has 1 aromatic carbocycles. The minimum Gasteiger partial charge on any atom is -0.300 e. The number of carbonyl (C=O) groups excluding carboxylic acids is 1. The highest BCUT2D eigenvalue weighted by atomic mass is 32.2. The lowest BCUT2D eigenvalue weighted by atomic mass is 10.1. The number of anilines is 1. The Morgan fingerprint density at radius 3 is 2.48 bits per heavy atom. The number of nitrogens with one attached hydrogen (secondary N) is 1. The van der Waals surface area contributed by atoms with Gasteiger partial charge in [0, 0.05) is 6.42 Å². The number of unbranched alkanes of at least 4 members (excludes halogenated alkanes) is 1. The maximum Gasteiger partial charge on any atom is 0.230 e. The molecule has 0 aliphatic heterocycles. The maximum atomic E-state index is 12.1. The van der Waals surface area contributed by atoms with E-state index in [1.54, 1.807) is 38.1 Å². The molecule has 1 heterocycles. The summed E-state index contributed by atoms with van der Waals surface area (Å²) in [5, 5.41) is 11.7. The summed E-state index contributed by atoms with van der Waals surface area (Å²) in [6, 6.07) is 6.43. The van der Waals surface area contributed by atoms with Crippen LogP contribution >= 0.6 is 11.3 Å². The van der Waals surface area contributed by atoms with Crippen molar-refractivity contribution in [1.29, 1.82) is 0 Å². The lowest BCUT2D eigenvalue weighted by Gasteiger charge is -2.08. The van der Waals surface area contributed by atoms with Crippen LogP contribution < -0.4 is 5.32 Å². The number of hydrogen-bond donors (Lipinski definition) is 1. The lowest BCUT2D eigenvalue weighted by molar-refractivity contribution is -0.115. The molecule has 2 aromatic rings. The molecular formula is C17H23N3O3S2. The van der Waals surface area contributed by atoms with Gasteiger partial charge in [-0.1, -0.05) is 36.8 Å². The Morgan fingerprint density at radius 2 is 1.88 bits per heavy atom. The highest BCUT2D eigenvalue weighted by molar-refractivity contribution is 7.92. The van der Waals surface area contributed by atoms with E-state index in [4.69, 9.17) is 0 Å². The van der Waals surface area contributed by atoms with Crippen LogP contribution in [0.2, 0.25) is 0 Å². The van der Waals surface area contributed by atoms with E-state index in [0.29, 0.717) is 5.13 Å². The van der Waals surface area contributed by atoms with Crippen LogP contribution in [0.15, 0.2) is 29.2 Å². The van der Waals surface area contributed by atoms with E-state index in [9.17, 15) is 13.2 Å². The Kier molecular flexibility index (Phi) is 6.66. The van der Waals surface area contributed by atoms with Gasteiger partial charge < -0.3 is 5.32 Å². The molecule has 0 aliphatic carbocycles. The average molecular weight is 382 g/mol. The third-order valence-electron chi connectivity index (χ3n) is 3.69. The van der Waals surface area contributed by atoms with E-state index in [-0.39, 0.29) is 17.2 Å². The van der Waals surface area contributed by atoms with Crippen molar-refractivity contribution >= 4 is 32.2 Å². The van der Waals surface area contributed by atoms with Gasteiger partial charge in [-0.25, -0.2) is 8.42 Å². The summed E-state index contributed by atoms with van der Waals surface area (Å²) < 4.78 is 24.2. The molecular weight excluding hydrogens is 358 g/mol. The second-order valence-corrected chi connectivity index (χ2v) is 9.63. The predicted octanol–water partition coefficient (Wildman–Crippen LogP) is 3.24. The Balaban J connectivity index is 1.95. The molecule has 1 aromatic heterocycles. The van der Waals surface area contributed by atoms with Crippen molar-refractivity contribution in [2.45, 2.75) is 56.6 Å². The molecule has 8 heteroatoms. The number of aryl methyl sites for hydroxylation is 1. The summed E-state index contributed by atoms with van der Waals surface area (Å²) >= 11 is 1.39. The van der Waals surface area contributed by atoms with Crippen molar-refractivity contribution in [3.05, 3.63) is 34.8 Å². The number of hydrogen-bond acceptors (Lipinski definition) is 6. The molecule has 0 unspecified atom stereocenters. The number of carbonyl (C=O) groups is 1. The number of benzene rings is 1. The molecule has 6 nitrogen and oxygen atoms in total. The maximum absolute atomic E-state index is 12.1. The molecule has 25 heavy (non-hydrogen) atoms. The SMILES string of the molecule is CCCCc1nnc(NC(=O)Cc2ccc(S(=O)(=O)C(C)C)cc2)s1. The van der Waals surface area contributed by atoms with Crippen molar-refractivity contribution in [3.8, 4) is 0 Å². The molecule has 1 N–H and O–H groups in total. The van der Waals surface area contributed by atoms with E-state index in [0.717, 1.165) is 29.8 Å². The number of amides is 1. The Morgan fingerprint density at radius 1 is 1.20 bits per heavy atom. The monoisotopic (exact) mass is 381 g/mol. The zero-order valence-electron chi connectivity index (χ0n) is 14.7. The minimum absolute atomic E-state index is 0.159. The van der Waals surface area contributed by atoms with E-state index in [1.807, 2.05) is 0 Å². The molecule has 0 fully saturated rings. The van der Waals surface area contributed by atoms with Gasteiger partial charge in [0.1, 0.15) is 5.01 Å². The standard InChI is InChI=1S/C17H23N3O3S2/c1-4-5-6-16-19-20-17(24-16)18-15(21)11-13-7-9-14(10-8-13)25(22,23)12(2)3/h7-10,12H,4-6,11H2,1-3H3,(H,18,20,21). The lowest BCUT2D eigenvalue weighted by Crippen LogP contribution is -2.15. The first-order chi connectivity index (χ1) is 11.8. The average Bonchev–Trinajstić information content (AvgIpc) is 3.00. The van der Waals surface area contributed by atoms with Gasteiger partial charge in [-0.2, -0.15) is 0 Å². The normalized spacial score (nSPS) is 11.7. The molecule has 0 radical (unpaired) electrons. The molecule has 0 saturated heterocycles. The number of nitrogens with zero attached hydrogens (tertiary/aromatic N) is 2. The largest absolute Gasteiger partial charge is 0.300 e. The summed E-state index contributed by atoms with van der Waals surface area (Å²) in [5.41, 5.74) is 0.746. The topological polar surface area (TPSA) is 89.0 Å². The van der Waals surface area contributed by atoms with Crippen LogP contribution in [0.4, 0.5) is 5.13 Å². The molecule has 1 amide bonds. The third-order valence-corrected chi connectivity index (χ3v) is 6.76. The summed E-state index contributed by atoms with van der Waals surface area (Å²) in [7, 11) is -3.29. The Bertz CT molecular complexity index is 812. The zero-order chi connectivity index (χ0) is 18.4. The quantitative estimate of drug-likeness (QED) is 0.758. The first-order valence-electron chi connectivity index (χ1n) is 8.28. The molecule has 0 aliphatic rings. The predicted molar refractivity (Wildman–Crippen MR) is 99.6 cm³/mol. The number of sulfone groups is 1. The van der Waals surface area contributed by atoms with Crippen LogP contribution in [-0.2, 0) is 27.5 Å². The van der Waals surface area contributed by atoms with Crippen molar-refractivity contribution in [3.63, 3.8) is 0 Å². The molecule has 0 atom stereocenters. The van der Waals surface area contributed by atoms with Gasteiger partial charge in [-0.3, -0.25) is 4.79 Å². The van der Waals surface area contributed by atoms with Crippen LogP contribution in [0, 0.1) is 0 Å². The summed E-state index contributed by atoms with van der Waals surface area (Å²) in [6.45, 7) is 5.41. The third kappa shape index (κ3) is 5.34. The van der Waals surface area contributed by atoms with E-state index in [1.165, 1.54) is 11.3 Å². The molecule has 136 valence electrons. The van der Waals surface area contributed by atoms with E-state index < -0.39 is 15.1 Å². The summed E-state index contributed by atoms with van der Waals surface area (Å²) in [5.74, 6) is -0.197. The molecule has 0 saturated carbocycles. The second-order valence-electron chi connectivity index (χ2n) is 6.07. The highest BCUT2D eigenvalue weighted by Crippen LogP contribution is 2.19. The zero-order valence-corrected chi connectivity index (χ0v) is 16.3. The molecule has 0 bridgehead atoms. The van der Waals surface area contributed by atoms with Gasteiger partial charge in [0.15, 0.2) is 9.84 Å². The van der Waals surface area contributed by atoms with Gasteiger partial charge >= 0.3 is 0 Å². The van der Waals surface area contributed by atoms with Crippen LogP contribution in [0.25, 0.3) is 0 Å². The minimum atomic E-state index is -3.29. The first kappa shape index (κ1) is 19.5. The van der Waals surface area contributed by atoms with Crippen LogP contribution in [0.5, 0.6) is 0 Å².